The minimum absolute atomic E-state index is 0.193. The first-order chi connectivity index (χ1) is 8.11. The van der Waals surface area contributed by atoms with E-state index in [9.17, 15) is 14.0 Å². The molecule has 0 atom stereocenters. The number of hydrogen-bond acceptors (Lipinski definition) is 3. The van der Waals surface area contributed by atoms with Gasteiger partial charge in [0, 0.05) is 5.69 Å². The molecule has 0 fully saturated rings. The number of carbonyl (C=O) groups is 2. The third kappa shape index (κ3) is 4.83. The van der Waals surface area contributed by atoms with Crippen LogP contribution in [0.15, 0.2) is 24.3 Å². The fraction of sp³-hybridized carbons (Fsp3) is 0.200. The van der Waals surface area contributed by atoms with Crippen molar-refractivity contribution in [2.75, 3.05) is 11.9 Å². The van der Waals surface area contributed by atoms with Gasteiger partial charge in [-0.2, -0.15) is 0 Å². The number of rotatable bonds is 2. The van der Waals surface area contributed by atoms with Crippen LogP contribution in [0.4, 0.5) is 19.7 Å². The van der Waals surface area contributed by atoms with E-state index in [1.807, 2.05) is 10.9 Å². The highest BCUT2D eigenvalue weighted by atomic mass is 19.1. The summed E-state index contributed by atoms with van der Waals surface area (Å²) in [5.41, 5.74) is 4.31. The highest BCUT2D eigenvalue weighted by Crippen LogP contribution is 2.08. The molecule has 1 aromatic carbocycles. The summed E-state index contributed by atoms with van der Waals surface area (Å²) in [5.74, 6) is -0.471. The lowest BCUT2D eigenvalue weighted by Crippen LogP contribution is -2.44. The molecule has 6 nitrogen and oxygen atoms in total. The molecule has 0 unspecified atom stereocenters. The molecule has 7 heteroatoms. The molecule has 0 spiro atoms. The van der Waals surface area contributed by atoms with Gasteiger partial charge in [-0.1, -0.05) is 6.07 Å². The number of carbonyl (C=O) groups excluding carboxylic acids is 2. The van der Waals surface area contributed by atoms with Gasteiger partial charge >= 0.3 is 12.1 Å². The molecule has 92 valence electrons. The summed E-state index contributed by atoms with van der Waals surface area (Å²) in [7, 11) is 0. The first kappa shape index (κ1) is 12.8. The van der Waals surface area contributed by atoms with Crippen LogP contribution in [0.1, 0.15) is 6.92 Å². The first-order valence-electron chi connectivity index (χ1n) is 4.87. The molecule has 0 saturated carbocycles. The fourth-order valence-electron chi connectivity index (χ4n) is 1.00. The molecule has 0 aromatic heterocycles. The minimum Gasteiger partial charge on any atom is -0.449 e. The van der Waals surface area contributed by atoms with Crippen molar-refractivity contribution in [2.45, 2.75) is 6.92 Å². The summed E-state index contributed by atoms with van der Waals surface area (Å²) in [5, 5.41) is 2.32. The average molecular weight is 241 g/mol. The summed E-state index contributed by atoms with van der Waals surface area (Å²) in [6.07, 6.45) is -0.776. The molecule has 0 aliphatic rings. The standard InChI is InChI=1S/C10H12FN3O3/c1-2-17-10(16)14-13-9(15)12-8-5-3-4-7(11)6-8/h3-6H,2H2,1H3,(H,14,16)(H2,12,13,15). The van der Waals surface area contributed by atoms with E-state index >= 15 is 0 Å². The van der Waals surface area contributed by atoms with Crippen molar-refractivity contribution in [3.05, 3.63) is 30.1 Å². The quantitative estimate of drug-likeness (QED) is 0.688. The van der Waals surface area contributed by atoms with Crippen molar-refractivity contribution in [3.63, 3.8) is 0 Å². The number of nitrogens with one attached hydrogen (secondary N) is 3. The lowest BCUT2D eigenvalue weighted by atomic mass is 10.3. The molecule has 17 heavy (non-hydrogen) atoms. The van der Waals surface area contributed by atoms with Crippen molar-refractivity contribution in [2.24, 2.45) is 0 Å². The van der Waals surface area contributed by atoms with Gasteiger partial charge in [-0.3, -0.25) is 0 Å². The molecule has 3 amide bonds. The maximum Gasteiger partial charge on any atom is 0.426 e. The smallest absolute Gasteiger partial charge is 0.426 e. The predicted molar refractivity (Wildman–Crippen MR) is 58.7 cm³/mol. The van der Waals surface area contributed by atoms with Gasteiger partial charge in [0.15, 0.2) is 0 Å². The number of halogens is 1. The van der Waals surface area contributed by atoms with E-state index in [1.165, 1.54) is 18.2 Å². The molecule has 0 aliphatic carbocycles. The number of amides is 3. The summed E-state index contributed by atoms with van der Waals surface area (Å²) < 4.78 is 17.3. The number of urea groups is 1. The SMILES string of the molecule is CCOC(=O)NNC(=O)Nc1cccc(F)c1. The van der Waals surface area contributed by atoms with Crippen LogP contribution in [0, 0.1) is 5.82 Å². The second kappa shape index (κ2) is 6.31. The molecule has 0 bridgehead atoms. The Labute approximate surface area is 97.1 Å². The van der Waals surface area contributed by atoms with Crippen molar-refractivity contribution in [1.82, 2.24) is 10.9 Å². The Balaban J connectivity index is 2.37. The monoisotopic (exact) mass is 241 g/mol. The highest BCUT2D eigenvalue weighted by Gasteiger charge is 2.04. The fourth-order valence-corrected chi connectivity index (χ4v) is 1.00. The zero-order valence-corrected chi connectivity index (χ0v) is 9.12. The van der Waals surface area contributed by atoms with Gasteiger partial charge in [0.25, 0.3) is 0 Å². The van der Waals surface area contributed by atoms with E-state index in [2.05, 4.69) is 10.1 Å². The van der Waals surface area contributed by atoms with E-state index in [-0.39, 0.29) is 12.3 Å². The maximum absolute atomic E-state index is 12.8. The number of ether oxygens (including phenoxy) is 1. The zero-order valence-electron chi connectivity index (χ0n) is 9.12. The van der Waals surface area contributed by atoms with E-state index in [1.54, 1.807) is 6.92 Å². The van der Waals surface area contributed by atoms with E-state index < -0.39 is 17.9 Å². The molecular weight excluding hydrogens is 229 g/mol. The van der Waals surface area contributed by atoms with Gasteiger partial charge in [-0.15, -0.1) is 0 Å². The molecule has 0 saturated heterocycles. The van der Waals surface area contributed by atoms with Crippen LogP contribution >= 0.6 is 0 Å². The largest absolute Gasteiger partial charge is 0.449 e. The lowest BCUT2D eigenvalue weighted by Gasteiger charge is -2.08. The lowest BCUT2D eigenvalue weighted by molar-refractivity contribution is 0.148. The summed E-state index contributed by atoms with van der Waals surface area (Å²) >= 11 is 0. The Morgan fingerprint density at radius 2 is 2.12 bits per heavy atom. The average Bonchev–Trinajstić information content (AvgIpc) is 2.27. The Hall–Kier alpha value is -2.31. The maximum atomic E-state index is 12.8. The van der Waals surface area contributed by atoms with Crippen LogP contribution in [0.5, 0.6) is 0 Å². The highest BCUT2D eigenvalue weighted by molar-refractivity contribution is 5.90. The molecule has 1 rings (SSSR count). The number of hydrazine groups is 1. The van der Waals surface area contributed by atoms with Crippen molar-refractivity contribution >= 4 is 17.8 Å². The number of benzene rings is 1. The molecule has 0 radical (unpaired) electrons. The van der Waals surface area contributed by atoms with Gasteiger partial charge in [-0.05, 0) is 25.1 Å². The van der Waals surface area contributed by atoms with Crippen molar-refractivity contribution in [3.8, 4) is 0 Å². The van der Waals surface area contributed by atoms with Gasteiger partial charge in [0.2, 0.25) is 0 Å². The summed E-state index contributed by atoms with van der Waals surface area (Å²) in [6.45, 7) is 1.82. The predicted octanol–water partition coefficient (Wildman–Crippen LogP) is 1.61. The van der Waals surface area contributed by atoms with Crippen LogP contribution in [-0.2, 0) is 4.74 Å². The van der Waals surface area contributed by atoms with E-state index in [4.69, 9.17) is 0 Å². The van der Waals surface area contributed by atoms with E-state index in [0.29, 0.717) is 0 Å². The van der Waals surface area contributed by atoms with Gasteiger partial charge in [-0.25, -0.2) is 24.8 Å². The topological polar surface area (TPSA) is 79.5 Å². The van der Waals surface area contributed by atoms with Crippen LogP contribution in [0.3, 0.4) is 0 Å². The van der Waals surface area contributed by atoms with Crippen LogP contribution in [-0.4, -0.2) is 18.7 Å². The van der Waals surface area contributed by atoms with E-state index in [0.717, 1.165) is 6.07 Å². The molecule has 3 N–H and O–H groups in total. The van der Waals surface area contributed by atoms with Gasteiger partial charge in [0.1, 0.15) is 5.82 Å². The summed E-state index contributed by atoms with van der Waals surface area (Å²) in [6, 6.07) is 4.64. The third-order valence-electron chi connectivity index (χ3n) is 1.64. The van der Waals surface area contributed by atoms with Crippen molar-refractivity contribution < 1.29 is 18.7 Å². The molecule has 0 aliphatic heterocycles. The number of hydrogen-bond donors (Lipinski definition) is 3. The first-order valence-corrected chi connectivity index (χ1v) is 4.87. The third-order valence-corrected chi connectivity index (χ3v) is 1.64. The van der Waals surface area contributed by atoms with Crippen molar-refractivity contribution in [1.29, 1.82) is 0 Å². The Bertz CT molecular complexity index is 412. The second-order valence-electron chi connectivity index (χ2n) is 2.93. The normalized spacial score (nSPS) is 9.29. The minimum atomic E-state index is -0.776. The van der Waals surface area contributed by atoms with Crippen LogP contribution in [0.2, 0.25) is 0 Å². The van der Waals surface area contributed by atoms with Crippen LogP contribution < -0.4 is 16.2 Å². The summed E-state index contributed by atoms with van der Waals surface area (Å²) in [4.78, 5) is 22.0. The zero-order chi connectivity index (χ0) is 12.7. The second-order valence-corrected chi connectivity index (χ2v) is 2.93. The van der Waals surface area contributed by atoms with Gasteiger partial charge in [0.05, 0.1) is 6.61 Å². The molecule has 1 aromatic rings. The molecular formula is C10H12FN3O3. The Morgan fingerprint density at radius 1 is 1.35 bits per heavy atom. The number of anilines is 1. The molecule has 0 heterocycles. The Morgan fingerprint density at radius 3 is 2.76 bits per heavy atom. The van der Waals surface area contributed by atoms with Gasteiger partial charge < -0.3 is 10.1 Å². The Kier molecular flexibility index (Phi) is 4.74. The van der Waals surface area contributed by atoms with Crippen LogP contribution in [0.25, 0.3) is 0 Å².